The van der Waals surface area contributed by atoms with Crippen LogP contribution in [-0.2, 0) is 26.1 Å². The number of fused-ring (bicyclic) bond motifs is 3. The fourth-order valence-corrected chi connectivity index (χ4v) is 4.30. The first-order valence-corrected chi connectivity index (χ1v) is 10.5. The molecule has 0 fully saturated rings. The van der Waals surface area contributed by atoms with Crippen molar-refractivity contribution in [3.8, 4) is 0 Å². The third-order valence-electron chi connectivity index (χ3n) is 5.97. The summed E-state index contributed by atoms with van der Waals surface area (Å²) in [7, 11) is 0. The summed E-state index contributed by atoms with van der Waals surface area (Å²) in [5.41, 5.74) is 6.31. The number of aromatic nitrogens is 1. The molecule has 30 heavy (non-hydrogen) atoms. The van der Waals surface area contributed by atoms with Crippen LogP contribution in [0.4, 0.5) is 4.39 Å². The van der Waals surface area contributed by atoms with Gasteiger partial charge >= 0.3 is 0 Å². The Balaban J connectivity index is 0.00000160. The Morgan fingerprint density at radius 2 is 1.70 bits per heavy atom. The molecule has 0 amide bonds. The number of rotatable bonds is 6. The van der Waals surface area contributed by atoms with Crippen molar-refractivity contribution >= 4 is 35.7 Å². The van der Waals surface area contributed by atoms with Crippen LogP contribution in [0.15, 0.2) is 42.5 Å². The second-order valence-electron chi connectivity index (χ2n) is 7.86. The molecule has 1 aliphatic heterocycles. The number of benzene rings is 2. The van der Waals surface area contributed by atoms with E-state index in [-0.39, 0.29) is 30.6 Å². The van der Waals surface area contributed by atoms with Crippen molar-refractivity contribution in [2.75, 3.05) is 19.6 Å². The largest absolute Gasteiger partial charge is 0.358 e. The van der Waals surface area contributed by atoms with Crippen molar-refractivity contribution in [1.82, 2.24) is 14.8 Å². The van der Waals surface area contributed by atoms with Gasteiger partial charge in [-0.3, -0.25) is 9.80 Å². The van der Waals surface area contributed by atoms with Gasteiger partial charge in [0.25, 0.3) is 0 Å². The maximum Gasteiger partial charge on any atom is 0.123 e. The average molecular weight is 452 g/mol. The van der Waals surface area contributed by atoms with E-state index in [2.05, 4.69) is 52.9 Å². The summed E-state index contributed by atoms with van der Waals surface area (Å²) in [5.74, 6) is -0.158. The van der Waals surface area contributed by atoms with Gasteiger partial charge in [0.05, 0.1) is 0 Å². The van der Waals surface area contributed by atoms with Crippen LogP contribution in [0, 0.1) is 5.82 Å². The summed E-state index contributed by atoms with van der Waals surface area (Å²) in [6.07, 6.45) is 2.16. The van der Waals surface area contributed by atoms with Crippen molar-refractivity contribution in [2.24, 2.45) is 0 Å². The van der Waals surface area contributed by atoms with Gasteiger partial charge < -0.3 is 4.98 Å². The number of nitrogens with one attached hydrogen (secondary N) is 1. The zero-order valence-electron chi connectivity index (χ0n) is 17.8. The van der Waals surface area contributed by atoms with E-state index in [1.165, 1.54) is 28.5 Å². The lowest BCUT2D eigenvalue weighted by molar-refractivity contribution is 0.261. The highest BCUT2D eigenvalue weighted by molar-refractivity contribution is 5.86. The summed E-state index contributed by atoms with van der Waals surface area (Å²) in [6, 6.07) is 14.1. The molecule has 0 saturated carbocycles. The van der Waals surface area contributed by atoms with Gasteiger partial charge in [0, 0.05) is 36.2 Å². The van der Waals surface area contributed by atoms with Crippen LogP contribution in [0.25, 0.3) is 10.9 Å². The fourth-order valence-electron chi connectivity index (χ4n) is 4.30. The summed E-state index contributed by atoms with van der Waals surface area (Å²) < 4.78 is 13.8. The minimum Gasteiger partial charge on any atom is -0.358 e. The molecule has 0 unspecified atom stereocenters. The number of halogens is 3. The molecule has 0 atom stereocenters. The monoisotopic (exact) mass is 451 g/mol. The number of aromatic amines is 1. The van der Waals surface area contributed by atoms with Gasteiger partial charge in [0.15, 0.2) is 0 Å². The van der Waals surface area contributed by atoms with Crippen molar-refractivity contribution in [2.45, 2.75) is 46.3 Å². The second-order valence-corrected chi connectivity index (χ2v) is 7.86. The number of nitrogens with zero attached hydrogens (tertiary/aromatic N) is 2. The number of aryl methyl sites for hydroxylation is 1. The lowest BCUT2D eigenvalue weighted by Gasteiger charge is -2.21. The quantitative estimate of drug-likeness (QED) is 0.500. The van der Waals surface area contributed by atoms with E-state index < -0.39 is 0 Å². The standard InChI is InChI=1S/C24H30FN3.2ClH/c1-3-27(4-2)15-18-7-9-19(10-8-18)16-28-13-5-6-23-22(17-28)21-14-20(25)11-12-24(21)26-23;;/h7-12,14,26H,3-6,13,15-17H2,1-2H3;2*1H. The predicted octanol–water partition coefficient (Wildman–Crippen LogP) is 5.94. The fraction of sp³-hybridized carbons (Fsp3) is 0.417. The molecule has 0 spiro atoms. The first-order chi connectivity index (χ1) is 13.7. The molecule has 1 N–H and O–H groups in total. The topological polar surface area (TPSA) is 22.3 Å². The Kier molecular flexibility index (Phi) is 9.17. The number of hydrogen-bond donors (Lipinski definition) is 1. The molecule has 164 valence electrons. The summed E-state index contributed by atoms with van der Waals surface area (Å²) >= 11 is 0. The molecule has 1 aromatic heterocycles. The van der Waals surface area contributed by atoms with E-state index in [0.29, 0.717) is 0 Å². The molecule has 3 nitrogen and oxygen atoms in total. The molecule has 3 aromatic rings. The number of hydrogen-bond acceptors (Lipinski definition) is 2. The maximum atomic E-state index is 13.8. The molecule has 4 rings (SSSR count). The smallest absolute Gasteiger partial charge is 0.123 e. The third-order valence-corrected chi connectivity index (χ3v) is 5.97. The molecule has 0 saturated heterocycles. The van der Waals surface area contributed by atoms with Gasteiger partial charge in [-0.2, -0.15) is 0 Å². The maximum absolute atomic E-state index is 13.8. The normalized spacial score (nSPS) is 14.1. The van der Waals surface area contributed by atoms with Crippen molar-refractivity contribution in [3.63, 3.8) is 0 Å². The third kappa shape index (κ3) is 5.55. The zero-order chi connectivity index (χ0) is 19.5. The summed E-state index contributed by atoms with van der Waals surface area (Å²) in [4.78, 5) is 8.43. The highest BCUT2D eigenvalue weighted by atomic mass is 35.5. The van der Waals surface area contributed by atoms with Gasteiger partial charge in [-0.15, -0.1) is 24.8 Å². The Morgan fingerprint density at radius 1 is 1.00 bits per heavy atom. The molecule has 6 heteroatoms. The number of H-pyrrole nitrogens is 1. The minimum atomic E-state index is -0.158. The van der Waals surface area contributed by atoms with Crippen LogP contribution >= 0.6 is 24.8 Å². The Morgan fingerprint density at radius 3 is 2.40 bits per heavy atom. The summed E-state index contributed by atoms with van der Waals surface area (Å²) in [6.45, 7) is 10.5. The van der Waals surface area contributed by atoms with E-state index >= 15 is 0 Å². The molecular weight excluding hydrogens is 420 g/mol. The molecule has 2 heterocycles. The first-order valence-electron chi connectivity index (χ1n) is 10.5. The van der Waals surface area contributed by atoms with E-state index in [9.17, 15) is 4.39 Å². The van der Waals surface area contributed by atoms with E-state index in [1.54, 1.807) is 6.07 Å². The zero-order valence-corrected chi connectivity index (χ0v) is 19.4. The lowest BCUT2D eigenvalue weighted by Crippen LogP contribution is -2.23. The second kappa shape index (κ2) is 11.1. The van der Waals surface area contributed by atoms with Gasteiger partial charge in [-0.25, -0.2) is 4.39 Å². The lowest BCUT2D eigenvalue weighted by atomic mass is 10.1. The predicted molar refractivity (Wildman–Crippen MR) is 128 cm³/mol. The molecule has 0 bridgehead atoms. The first kappa shape index (κ1) is 24.7. The van der Waals surface area contributed by atoms with E-state index in [1.807, 2.05) is 6.07 Å². The Bertz CT molecular complexity index is 936. The van der Waals surface area contributed by atoms with Crippen molar-refractivity contribution in [3.05, 3.63) is 70.7 Å². The highest BCUT2D eigenvalue weighted by Gasteiger charge is 2.19. The van der Waals surface area contributed by atoms with Gasteiger partial charge in [-0.1, -0.05) is 38.1 Å². The van der Waals surface area contributed by atoms with Gasteiger partial charge in [-0.05, 0) is 67.4 Å². The summed E-state index contributed by atoms with van der Waals surface area (Å²) in [5, 5.41) is 1.04. The molecular formula is C24H32Cl2FN3. The molecule has 2 aromatic carbocycles. The van der Waals surface area contributed by atoms with Gasteiger partial charge in [0.2, 0.25) is 0 Å². The average Bonchev–Trinajstić information content (AvgIpc) is 2.91. The van der Waals surface area contributed by atoms with Crippen molar-refractivity contribution in [1.29, 1.82) is 0 Å². The minimum absolute atomic E-state index is 0. The van der Waals surface area contributed by atoms with Crippen molar-refractivity contribution < 1.29 is 4.39 Å². The van der Waals surface area contributed by atoms with Gasteiger partial charge in [0.1, 0.15) is 5.82 Å². The van der Waals surface area contributed by atoms with Crippen LogP contribution in [0.1, 0.15) is 42.7 Å². The van der Waals surface area contributed by atoms with E-state index in [0.717, 1.165) is 63.0 Å². The van der Waals surface area contributed by atoms with E-state index in [4.69, 9.17) is 0 Å². The molecule has 0 radical (unpaired) electrons. The molecule has 1 aliphatic rings. The van der Waals surface area contributed by atoms with Crippen LogP contribution in [-0.4, -0.2) is 34.4 Å². The van der Waals surface area contributed by atoms with Crippen LogP contribution in [0.5, 0.6) is 0 Å². The van der Waals surface area contributed by atoms with Crippen LogP contribution in [0.2, 0.25) is 0 Å². The molecule has 0 aliphatic carbocycles. The Labute approximate surface area is 191 Å². The van der Waals surface area contributed by atoms with Crippen LogP contribution < -0.4 is 0 Å². The SMILES string of the molecule is CCN(CC)Cc1ccc(CN2CCCc3[nH]c4ccc(F)cc4c3C2)cc1.Cl.Cl. The van der Waals surface area contributed by atoms with Crippen LogP contribution in [0.3, 0.4) is 0 Å². The highest BCUT2D eigenvalue weighted by Crippen LogP contribution is 2.28. The Hall–Kier alpha value is -1.59.